The number of amides is 1. The van der Waals surface area contributed by atoms with Gasteiger partial charge in [-0.2, -0.15) is 5.10 Å². The maximum atomic E-state index is 11.8. The molecule has 0 radical (unpaired) electrons. The number of nitrogens with one attached hydrogen (secondary N) is 1. The Kier molecular flexibility index (Phi) is 5.68. The number of ether oxygens (including phenoxy) is 1. The van der Waals surface area contributed by atoms with E-state index in [0.717, 1.165) is 15.8 Å². The molecule has 2 aromatic carbocycles. The summed E-state index contributed by atoms with van der Waals surface area (Å²) in [5, 5.41) is 13.8. The summed E-state index contributed by atoms with van der Waals surface area (Å²) in [7, 11) is 1.59. The topological polar surface area (TPSA) is 70.9 Å². The maximum absolute atomic E-state index is 11.8. The molecular weight excluding hydrogens is 348 g/mol. The van der Waals surface area contributed by atoms with Crippen molar-refractivity contribution in [1.82, 2.24) is 5.43 Å². The molecule has 0 bridgehead atoms. The minimum absolute atomic E-state index is 0.500. The van der Waals surface area contributed by atoms with Crippen molar-refractivity contribution in [3.8, 4) is 5.75 Å². The molecule has 114 valence electrons. The lowest BCUT2D eigenvalue weighted by Crippen LogP contribution is -2.25. The van der Waals surface area contributed by atoms with Crippen molar-refractivity contribution in [1.29, 1.82) is 0 Å². The number of halogens is 1. The predicted molar refractivity (Wildman–Crippen MR) is 87.8 cm³/mol. The second kappa shape index (κ2) is 7.72. The highest BCUT2D eigenvalue weighted by molar-refractivity contribution is 9.10. The summed E-state index contributed by atoms with van der Waals surface area (Å²) in [6.45, 7) is 0. The highest BCUT2D eigenvalue weighted by atomic mass is 79.9. The molecule has 2 rings (SSSR count). The summed E-state index contributed by atoms with van der Waals surface area (Å²) < 4.78 is 5.93. The van der Waals surface area contributed by atoms with Crippen LogP contribution in [-0.2, 0) is 4.79 Å². The van der Waals surface area contributed by atoms with Gasteiger partial charge in [0.05, 0.1) is 13.3 Å². The normalized spacial score (nSPS) is 12.1. The van der Waals surface area contributed by atoms with Crippen LogP contribution in [-0.4, -0.2) is 24.3 Å². The third-order valence-corrected chi connectivity index (χ3v) is 3.47. The van der Waals surface area contributed by atoms with Crippen LogP contribution in [0.3, 0.4) is 0 Å². The van der Waals surface area contributed by atoms with E-state index in [-0.39, 0.29) is 0 Å². The predicted octanol–water partition coefficient (Wildman–Crippen LogP) is 2.64. The van der Waals surface area contributed by atoms with Crippen LogP contribution in [0, 0.1) is 0 Å². The Labute approximate surface area is 136 Å². The van der Waals surface area contributed by atoms with Crippen LogP contribution in [0.15, 0.2) is 58.1 Å². The van der Waals surface area contributed by atoms with Gasteiger partial charge in [0.15, 0.2) is 6.10 Å². The van der Waals surface area contributed by atoms with Gasteiger partial charge in [-0.15, -0.1) is 0 Å². The highest BCUT2D eigenvalue weighted by Crippen LogP contribution is 2.16. The zero-order valence-corrected chi connectivity index (χ0v) is 13.4. The number of hydrazone groups is 1. The van der Waals surface area contributed by atoms with Crippen LogP contribution in [0.5, 0.6) is 5.75 Å². The molecule has 0 aliphatic carbocycles. The molecule has 2 N–H and O–H groups in total. The van der Waals surface area contributed by atoms with Gasteiger partial charge in [-0.1, -0.05) is 28.1 Å². The number of methoxy groups -OCH3 is 1. The molecule has 0 heterocycles. The van der Waals surface area contributed by atoms with E-state index in [9.17, 15) is 9.90 Å². The Morgan fingerprint density at radius 3 is 2.45 bits per heavy atom. The van der Waals surface area contributed by atoms with Crippen molar-refractivity contribution in [2.75, 3.05) is 7.11 Å². The molecule has 0 saturated heterocycles. The summed E-state index contributed by atoms with van der Waals surface area (Å²) in [6, 6.07) is 14.0. The van der Waals surface area contributed by atoms with E-state index >= 15 is 0 Å². The third kappa shape index (κ3) is 4.41. The SMILES string of the molecule is COc1ccc(C=NNC(=O)C(O)c2ccc(Br)cc2)cc1. The number of hydrogen-bond acceptors (Lipinski definition) is 4. The summed E-state index contributed by atoms with van der Waals surface area (Å²) in [4.78, 5) is 11.8. The fourth-order valence-corrected chi connectivity index (χ4v) is 1.98. The van der Waals surface area contributed by atoms with Gasteiger partial charge in [0, 0.05) is 4.47 Å². The van der Waals surface area contributed by atoms with Gasteiger partial charge >= 0.3 is 0 Å². The summed E-state index contributed by atoms with van der Waals surface area (Å²) in [6.07, 6.45) is 0.229. The third-order valence-electron chi connectivity index (χ3n) is 2.94. The summed E-state index contributed by atoms with van der Waals surface area (Å²) >= 11 is 3.30. The van der Waals surface area contributed by atoms with Gasteiger partial charge in [-0.05, 0) is 47.5 Å². The molecule has 22 heavy (non-hydrogen) atoms. The number of aliphatic hydroxyl groups excluding tert-OH is 1. The van der Waals surface area contributed by atoms with Gasteiger partial charge < -0.3 is 9.84 Å². The Hall–Kier alpha value is -2.18. The van der Waals surface area contributed by atoms with Crippen molar-refractivity contribution in [3.05, 3.63) is 64.1 Å². The van der Waals surface area contributed by atoms with E-state index in [1.54, 1.807) is 55.6 Å². The highest BCUT2D eigenvalue weighted by Gasteiger charge is 2.16. The number of hydrogen-bond donors (Lipinski definition) is 2. The number of rotatable bonds is 5. The Morgan fingerprint density at radius 1 is 1.23 bits per heavy atom. The Morgan fingerprint density at radius 2 is 1.86 bits per heavy atom. The smallest absolute Gasteiger partial charge is 0.273 e. The number of carbonyl (C=O) groups excluding carboxylic acids is 1. The lowest BCUT2D eigenvalue weighted by molar-refractivity contribution is -0.129. The van der Waals surface area contributed by atoms with Crippen molar-refractivity contribution in [2.24, 2.45) is 5.10 Å². The van der Waals surface area contributed by atoms with Gasteiger partial charge in [-0.3, -0.25) is 4.79 Å². The van der Waals surface area contributed by atoms with E-state index in [0.29, 0.717) is 5.56 Å². The Bertz CT molecular complexity index is 654. The first kappa shape index (κ1) is 16.2. The summed E-state index contributed by atoms with van der Waals surface area (Å²) in [5.74, 6) is 0.152. The fraction of sp³-hybridized carbons (Fsp3) is 0.125. The molecule has 0 aliphatic heterocycles. The minimum Gasteiger partial charge on any atom is -0.497 e. The number of aliphatic hydroxyl groups is 1. The van der Waals surface area contributed by atoms with E-state index in [4.69, 9.17) is 4.74 Å². The fourth-order valence-electron chi connectivity index (χ4n) is 1.72. The van der Waals surface area contributed by atoms with Crippen LogP contribution in [0.25, 0.3) is 0 Å². The van der Waals surface area contributed by atoms with Gasteiger partial charge in [0.2, 0.25) is 0 Å². The second-order valence-corrected chi connectivity index (χ2v) is 5.38. The molecule has 6 heteroatoms. The number of benzene rings is 2. The first-order valence-electron chi connectivity index (χ1n) is 6.50. The zero-order chi connectivity index (χ0) is 15.9. The standard InChI is InChI=1S/C16H15BrN2O3/c1-22-14-8-2-11(3-9-14)10-18-19-16(21)15(20)12-4-6-13(17)7-5-12/h2-10,15,20H,1H3,(H,19,21). The van der Waals surface area contributed by atoms with Crippen molar-refractivity contribution in [3.63, 3.8) is 0 Å². The average Bonchev–Trinajstić information content (AvgIpc) is 2.55. The van der Waals surface area contributed by atoms with Crippen LogP contribution in [0.2, 0.25) is 0 Å². The monoisotopic (exact) mass is 362 g/mol. The molecule has 0 aromatic heterocycles. The Balaban J connectivity index is 1.93. The van der Waals surface area contributed by atoms with Crippen LogP contribution in [0.1, 0.15) is 17.2 Å². The van der Waals surface area contributed by atoms with Crippen LogP contribution < -0.4 is 10.2 Å². The number of carbonyl (C=O) groups is 1. The minimum atomic E-state index is -1.26. The van der Waals surface area contributed by atoms with E-state index in [1.165, 1.54) is 6.21 Å². The van der Waals surface area contributed by atoms with Gasteiger partial charge in [0.1, 0.15) is 5.75 Å². The lowest BCUT2D eigenvalue weighted by Gasteiger charge is -2.08. The molecule has 2 aromatic rings. The van der Waals surface area contributed by atoms with E-state index in [1.807, 2.05) is 0 Å². The molecule has 1 amide bonds. The second-order valence-electron chi connectivity index (χ2n) is 4.46. The lowest BCUT2D eigenvalue weighted by atomic mass is 10.1. The molecule has 1 unspecified atom stereocenters. The van der Waals surface area contributed by atoms with Gasteiger partial charge in [0.25, 0.3) is 5.91 Å². The first-order valence-corrected chi connectivity index (χ1v) is 7.30. The maximum Gasteiger partial charge on any atom is 0.273 e. The summed E-state index contributed by atoms with van der Waals surface area (Å²) in [5.41, 5.74) is 3.62. The van der Waals surface area contributed by atoms with E-state index < -0.39 is 12.0 Å². The van der Waals surface area contributed by atoms with Gasteiger partial charge in [-0.25, -0.2) is 5.43 Å². The van der Waals surface area contributed by atoms with Crippen molar-refractivity contribution >= 4 is 28.1 Å². The largest absolute Gasteiger partial charge is 0.497 e. The molecule has 1 atom stereocenters. The first-order chi connectivity index (χ1) is 10.6. The van der Waals surface area contributed by atoms with E-state index in [2.05, 4.69) is 26.5 Å². The van der Waals surface area contributed by atoms with Crippen molar-refractivity contribution < 1.29 is 14.6 Å². The van der Waals surface area contributed by atoms with Crippen molar-refractivity contribution in [2.45, 2.75) is 6.10 Å². The van der Waals surface area contributed by atoms with Crippen LogP contribution in [0.4, 0.5) is 0 Å². The average molecular weight is 363 g/mol. The molecule has 0 aliphatic rings. The molecule has 0 spiro atoms. The number of nitrogens with zero attached hydrogens (tertiary/aromatic N) is 1. The molecule has 5 nitrogen and oxygen atoms in total. The van der Waals surface area contributed by atoms with Crippen LogP contribution >= 0.6 is 15.9 Å². The quantitative estimate of drug-likeness (QED) is 0.634. The zero-order valence-electron chi connectivity index (χ0n) is 11.9. The molecule has 0 saturated carbocycles. The molecular formula is C16H15BrN2O3. The molecule has 0 fully saturated rings.